The third-order valence-corrected chi connectivity index (χ3v) is 4.07. The summed E-state index contributed by atoms with van der Waals surface area (Å²) < 4.78 is 10.6. The van der Waals surface area contributed by atoms with Crippen LogP contribution in [0.1, 0.15) is 17.3 Å². The van der Waals surface area contributed by atoms with Crippen LogP contribution in [0.15, 0.2) is 40.8 Å². The zero-order valence-electron chi connectivity index (χ0n) is 14.8. The van der Waals surface area contributed by atoms with Crippen molar-refractivity contribution in [2.75, 3.05) is 17.7 Å². The maximum atomic E-state index is 12.3. The molecule has 144 valence electrons. The van der Waals surface area contributed by atoms with Gasteiger partial charge in [-0.15, -0.1) is 0 Å². The van der Waals surface area contributed by atoms with Crippen molar-refractivity contribution in [1.29, 1.82) is 0 Å². The van der Waals surface area contributed by atoms with E-state index in [0.717, 1.165) is 0 Å². The smallest absolute Gasteiger partial charge is 0.302 e. The molecule has 1 heterocycles. The quantitative estimate of drug-likeness (QED) is 0.556. The van der Waals surface area contributed by atoms with Crippen LogP contribution in [0.25, 0.3) is 11.1 Å². The number of halogens is 1. The molecule has 3 N–H and O–H groups in total. The van der Waals surface area contributed by atoms with E-state index in [4.69, 9.17) is 33.0 Å². The third kappa shape index (κ3) is 4.56. The first-order valence-corrected chi connectivity index (χ1v) is 8.78. The Morgan fingerprint density at radius 3 is 2.64 bits per heavy atom. The number of aromatic nitrogens is 1. The molecule has 0 aliphatic heterocycles. The van der Waals surface area contributed by atoms with Gasteiger partial charge in [-0.25, -0.2) is 0 Å². The summed E-state index contributed by atoms with van der Waals surface area (Å²) in [7, 11) is 1.49. The molecule has 0 aliphatic carbocycles. The van der Waals surface area contributed by atoms with Crippen molar-refractivity contribution in [2.45, 2.75) is 6.92 Å². The number of nitrogens with one attached hydrogen (secondary N) is 3. The summed E-state index contributed by atoms with van der Waals surface area (Å²) in [5.74, 6) is -0.185. The maximum Gasteiger partial charge on any atom is 0.302 e. The number of anilines is 2. The van der Waals surface area contributed by atoms with Gasteiger partial charge in [-0.3, -0.25) is 20.2 Å². The molecule has 0 saturated heterocycles. The summed E-state index contributed by atoms with van der Waals surface area (Å²) in [4.78, 5) is 27.6. The summed E-state index contributed by atoms with van der Waals surface area (Å²) in [5.41, 5.74) is 1.90. The molecule has 28 heavy (non-hydrogen) atoms. The summed E-state index contributed by atoms with van der Waals surface area (Å²) >= 11 is 11.1. The van der Waals surface area contributed by atoms with Crippen LogP contribution in [0, 0.1) is 0 Å². The molecule has 10 heteroatoms. The van der Waals surface area contributed by atoms with Crippen molar-refractivity contribution in [1.82, 2.24) is 10.3 Å². The SMILES string of the molecule is COc1ccc(C(=O)NC(=S)Nc2nc3ccc(NC(C)=O)cc3o2)cc1Cl. The monoisotopic (exact) mass is 418 g/mol. The summed E-state index contributed by atoms with van der Waals surface area (Å²) in [6.07, 6.45) is 0. The number of hydrogen-bond donors (Lipinski definition) is 3. The van der Waals surface area contributed by atoms with Crippen molar-refractivity contribution in [3.63, 3.8) is 0 Å². The third-order valence-electron chi connectivity index (χ3n) is 3.57. The summed E-state index contributed by atoms with van der Waals surface area (Å²) in [5, 5.41) is 8.19. The second-order valence-corrected chi connectivity index (χ2v) is 6.46. The van der Waals surface area contributed by atoms with E-state index in [1.54, 1.807) is 30.3 Å². The van der Waals surface area contributed by atoms with Crippen LogP contribution < -0.4 is 20.7 Å². The van der Waals surface area contributed by atoms with Gasteiger partial charge in [0.1, 0.15) is 11.3 Å². The minimum Gasteiger partial charge on any atom is -0.495 e. The van der Waals surface area contributed by atoms with Gasteiger partial charge in [-0.05, 0) is 42.5 Å². The minimum absolute atomic E-state index is 0.00517. The van der Waals surface area contributed by atoms with E-state index >= 15 is 0 Å². The highest BCUT2D eigenvalue weighted by Gasteiger charge is 2.13. The van der Waals surface area contributed by atoms with Crippen LogP contribution in [-0.2, 0) is 4.79 Å². The molecule has 2 aromatic carbocycles. The van der Waals surface area contributed by atoms with E-state index in [0.29, 0.717) is 33.1 Å². The van der Waals surface area contributed by atoms with Crippen LogP contribution in [0.4, 0.5) is 11.7 Å². The first-order valence-electron chi connectivity index (χ1n) is 8.00. The molecule has 0 aliphatic rings. The minimum atomic E-state index is -0.453. The Morgan fingerprint density at radius 1 is 1.18 bits per heavy atom. The van der Waals surface area contributed by atoms with Crippen molar-refractivity contribution in [2.24, 2.45) is 0 Å². The standard InChI is InChI=1S/C18H15ClN4O4S/c1-9(24)20-11-4-5-13-15(8-11)27-17(21-13)23-18(28)22-16(25)10-3-6-14(26-2)12(19)7-10/h3-8H,1-2H3,(H,20,24)(H2,21,22,23,25,28). The van der Waals surface area contributed by atoms with Crippen molar-refractivity contribution in [3.8, 4) is 5.75 Å². The molecule has 2 amide bonds. The molecular weight excluding hydrogens is 404 g/mol. The fourth-order valence-corrected chi connectivity index (χ4v) is 2.81. The van der Waals surface area contributed by atoms with Crippen LogP contribution in [0.2, 0.25) is 5.02 Å². The molecule has 8 nitrogen and oxygen atoms in total. The molecule has 0 bridgehead atoms. The van der Waals surface area contributed by atoms with Gasteiger partial charge in [0.05, 0.1) is 12.1 Å². The van der Waals surface area contributed by atoms with E-state index in [-0.39, 0.29) is 17.0 Å². The van der Waals surface area contributed by atoms with E-state index < -0.39 is 5.91 Å². The van der Waals surface area contributed by atoms with Gasteiger partial charge in [-0.2, -0.15) is 4.98 Å². The first-order chi connectivity index (χ1) is 13.4. The van der Waals surface area contributed by atoms with Gasteiger partial charge in [0.15, 0.2) is 10.7 Å². The molecule has 0 spiro atoms. The predicted octanol–water partition coefficient (Wildman–Crippen LogP) is 3.58. The van der Waals surface area contributed by atoms with Crippen LogP contribution in [0.3, 0.4) is 0 Å². The number of methoxy groups -OCH3 is 1. The molecule has 0 atom stereocenters. The van der Waals surface area contributed by atoms with Gasteiger partial charge in [0, 0.05) is 24.2 Å². The Bertz CT molecular complexity index is 1080. The largest absolute Gasteiger partial charge is 0.495 e. The van der Waals surface area contributed by atoms with E-state index in [9.17, 15) is 9.59 Å². The predicted molar refractivity (Wildman–Crippen MR) is 110 cm³/mol. The van der Waals surface area contributed by atoms with Gasteiger partial charge in [-0.1, -0.05) is 11.6 Å². The van der Waals surface area contributed by atoms with Crippen molar-refractivity contribution >= 4 is 63.5 Å². The second-order valence-electron chi connectivity index (χ2n) is 5.64. The average Bonchev–Trinajstić information content (AvgIpc) is 3.02. The van der Waals surface area contributed by atoms with Crippen LogP contribution in [-0.4, -0.2) is 29.0 Å². The Morgan fingerprint density at radius 2 is 1.96 bits per heavy atom. The Balaban J connectivity index is 1.68. The fourth-order valence-electron chi connectivity index (χ4n) is 2.37. The number of hydrogen-bond acceptors (Lipinski definition) is 6. The molecule has 0 radical (unpaired) electrons. The Hall–Kier alpha value is -3.17. The first kappa shape index (κ1) is 19.6. The zero-order chi connectivity index (χ0) is 20.3. The lowest BCUT2D eigenvalue weighted by Crippen LogP contribution is -2.34. The van der Waals surface area contributed by atoms with Gasteiger partial charge in [0.25, 0.3) is 5.91 Å². The van der Waals surface area contributed by atoms with Gasteiger partial charge >= 0.3 is 6.01 Å². The molecule has 1 aromatic heterocycles. The normalized spacial score (nSPS) is 10.4. The Labute approximate surface area is 170 Å². The number of amides is 2. The number of thiocarbonyl (C=S) groups is 1. The number of ether oxygens (including phenoxy) is 1. The van der Waals surface area contributed by atoms with E-state index in [2.05, 4.69) is 20.9 Å². The molecule has 0 unspecified atom stereocenters. The topological polar surface area (TPSA) is 105 Å². The fraction of sp³-hybridized carbons (Fsp3) is 0.111. The molecule has 0 fully saturated rings. The highest BCUT2D eigenvalue weighted by Crippen LogP contribution is 2.25. The van der Waals surface area contributed by atoms with Gasteiger partial charge in [0.2, 0.25) is 5.91 Å². The number of oxazole rings is 1. The molecule has 3 aromatic rings. The number of nitrogens with zero attached hydrogens (tertiary/aromatic N) is 1. The van der Waals surface area contributed by atoms with E-state index in [1.165, 1.54) is 20.1 Å². The summed E-state index contributed by atoms with van der Waals surface area (Å²) in [6, 6.07) is 9.75. The second kappa shape index (κ2) is 8.24. The number of fused-ring (bicyclic) bond motifs is 1. The maximum absolute atomic E-state index is 12.3. The van der Waals surface area contributed by atoms with Crippen LogP contribution >= 0.6 is 23.8 Å². The molecular formula is C18H15ClN4O4S. The molecule has 0 saturated carbocycles. The number of carbonyl (C=O) groups excluding carboxylic acids is 2. The highest BCUT2D eigenvalue weighted by molar-refractivity contribution is 7.80. The lowest BCUT2D eigenvalue weighted by atomic mass is 10.2. The van der Waals surface area contributed by atoms with Crippen molar-refractivity contribution < 1.29 is 18.7 Å². The lowest BCUT2D eigenvalue weighted by molar-refractivity contribution is -0.114. The summed E-state index contributed by atoms with van der Waals surface area (Å²) in [6.45, 7) is 1.41. The number of rotatable bonds is 4. The zero-order valence-corrected chi connectivity index (χ0v) is 16.4. The molecule has 3 rings (SSSR count). The average molecular weight is 419 g/mol. The van der Waals surface area contributed by atoms with Crippen LogP contribution in [0.5, 0.6) is 5.75 Å². The Kier molecular flexibility index (Phi) is 5.76. The lowest BCUT2D eigenvalue weighted by Gasteiger charge is -2.08. The van der Waals surface area contributed by atoms with Gasteiger partial charge < -0.3 is 14.5 Å². The van der Waals surface area contributed by atoms with E-state index in [1.807, 2.05) is 0 Å². The highest BCUT2D eigenvalue weighted by atomic mass is 35.5. The van der Waals surface area contributed by atoms with Crippen molar-refractivity contribution in [3.05, 3.63) is 47.0 Å². The number of carbonyl (C=O) groups is 2. The number of benzene rings is 2.